The molecule has 2 rings (SSSR count). The Labute approximate surface area is 77.5 Å². The minimum Gasteiger partial charge on any atom is -0.313 e. The molecule has 0 radical (unpaired) electrons. The quantitative estimate of drug-likeness (QED) is 0.563. The zero-order valence-corrected chi connectivity index (χ0v) is 8.20. The highest BCUT2D eigenvalue weighted by Crippen LogP contribution is 2.35. The number of urea groups is 1. The third-order valence-electron chi connectivity index (χ3n) is 2.99. The summed E-state index contributed by atoms with van der Waals surface area (Å²) in [5.41, 5.74) is -0.653. The molecule has 3 amide bonds. The Morgan fingerprint density at radius 2 is 1.85 bits per heavy atom. The second-order valence-electron chi connectivity index (χ2n) is 4.31. The highest BCUT2D eigenvalue weighted by Gasteiger charge is 2.53. The van der Waals surface area contributed by atoms with Gasteiger partial charge in [-0.1, -0.05) is 0 Å². The number of imide groups is 1. The lowest BCUT2D eigenvalue weighted by atomic mass is 10.1. The molecule has 13 heavy (non-hydrogen) atoms. The van der Waals surface area contributed by atoms with E-state index in [1.54, 1.807) is 20.9 Å². The fourth-order valence-corrected chi connectivity index (χ4v) is 1.58. The number of hydrogen-bond donors (Lipinski definition) is 0. The molecule has 2 fully saturated rings. The van der Waals surface area contributed by atoms with Gasteiger partial charge in [-0.25, -0.2) is 4.79 Å². The second-order valence-corrected chi connectivity index (χ2v) is 4.31. The van der Waals surface area contributed by atoms with E-state index in [0.717, 1.165) is 12.8 Å². The van der Waals surface area contributed by atoms with E-state index in [-0.39, 0.29) is 18.0 Å². The van der Waals surface area contributed by atoms with Gasteiger partial charge >= 0.3 is 6.03 Å². The van der Waals surface area contributed by atoms with E-state index >= 15 is 0 Å². The molecular weight excluding hydrogens is 168 g/mol. The van der Waals surface area contributed by atoms with Crippen LogP contribution in [-0.2, 0) is 4.79 Å². The molecule has 1 heterocycles. The molecule has 72 valence electrons. The van der Waals surface area contributed by atoms with E-state index in [9.17, 15) is 9.59 Å². The van der Waals surface area contributed by atoms with E-state index in [1.165, 1.54) is 9.80 Å². The van der Waals surface area contributed by atoms with Crippen LogP contribution in [0.3, 0.4) is 0 Å². The maximum atomic E-state index is 11.8. The molecule has 0 N–H and O–H groups in total. The van der Waals surface area contributed by atoms with Crippen molar-refractivity contribution in [1.82, 2.24) is 9.80 Å². The maximum absolute atomic E-state index is 11.8. The molecule has 0 aromatic rings. The van der Waals surface area contributed by atoms with Gasteiger partial charge in [0.1, 0.15) is 5.54 Å². The second kappa shape index (κ2) is 2.25. The van der Waals surface area contributed by atoms with Crippen LogP contribution < -0.4 is 0 Å². The zero-order chi connectivity index (χ0) is 9.80. The average molecular weight is 182 g/mol. The smallest absolute Gasteiger partial charge is 0.313 e. The van der Waals surface area contributed by atoms with Gasteiger partial charge in [-0.05, 0) is 26.7 Å². The fraction of sp³-hybridized carbons (Fsp3) is 0.778. The van der Waals surface area contributed by atoms with Crippen LogP contribution in [0.25, 0.3) is 0 Å². The van der Waals surface area contributed by atoms with Crippen LogP contribution in [-0.4, -0.2) is 40.4 Å². The van der Waals surface area contributed by atoms with Gasteiger partial charge in [0.25, 0.3) is 5.91 Å². The van der Waals surface area contributed by atoms with Gasteiger partial charge in [-0.3, -0.25) is 9.69 Å². The van der Waals surface area contributed by atoms with E-state index in [4.69, 9.17) is 0 Å². The molecule has 0 bridgehead atoms. The summed E-state index contributed by atoms with van der Waals surface area (Å²) >= 11 is 0. The molecule has 0 atom stereocenters. The normalized spacial score (nSPS) is 27.3. The van der Waals surface area contributed by atoms with Gasteiger partial charge in [0, 0.05) is 13.1 Å². The molecule has 1 saturated heterocycles. The van der Waals surface area contributed by atoms with Crippen molar-refractivity contribution in [2.45, 2.75) is 38.3 Å². The highest BCUT2D eigenvalue weighted by atomic mass is 16.2. The molecule has 4 nitrogen and oxygen atoms in total. The Hall–Kier alpha value is -1.06. The summed E-state index contributed by atoms with van der Waals surface area (Å²) in [6.45, 7) is 3.57. The van der Waals surface area contributed by atoms with Gasteiger partial charge < -0.3 is 4.90 Å². The van der Waals surface area contributed by atoms with Gasteiger partial charge in [-0.15, -0.1) is 0 Å². The Morgan fingerprint density at radius 1 is 1.31 bits per heavy atom. The first-order valence-corrected chi connectivity index (χ1v) is 4.57. The summed E-state index contributed by atoms with van der Waals surface area (Å²) in [6, 6.07) is 0.0433. The maximum Gasteiger partial charge on any atom is 0.327 e. The largest absolute Gasteiger partial charge is 0.327 e. The molecule has 4 heteroatoms. The van der Waals surface area contributed by atoms with E-state index in [0.29, 0.717) is 0 Å². The SMILES string of the molecule is CN1C(=O)N(C2CC2)C(=O)C1(C)C. The Morgan fingerprint density at radius 3 is 2.15 bits per heavy atom. The number of carbonyl (C=O) groups is 2. The Kier molecular flexibility index (Phi) is 1.47. The number of amides is 3. The molecule has 1 saturated carbocycles. The third-order valence-corrected chi connectivity index (χ3v) is 2.99. The Balaban J connectivity index is 2.32. The molecule has 0 aromatic carbocycles. The molecule has 2 aliphatic rings. The summed E-state index contributed by atoms with van der Waals surface area (Å²) < 4.78 is 0. The van der Waals surface area contributed by atoms with Crippen molar-refractivity contribution in [3.05, 3.63) is 0 Å². The molecular formula is C9H14N2O2. The topological polar surface area (TPSA) is 40.6 Å². The van der Waals surface area contributed by atoms with Crippen molar-refractivity contribution in [1.29, 1.82) is 0 Å². The summed E-state index contributed by atoms with van der Waals surface area (Å²) in [6.07, 6.45) is 1.95. The van der Waals surface area contributed by atoms with Gasteiger partial charge in [0.05, 0.1) is 0 Å². The molecule has 1 aliphatic carbocycles. The van der Waals surface area contributed by atoms with Crippen molar-refractivity contribution < 1.29 is 9.59 Å². The van der Waals surface area contributed by atoms with Crippen LogP contribution in [0.2, 0.25) is 0 Å². The van der Waals surface area contributed by atoms with Crippen LogP contribution in [0.4, 0.5) is 4.79 Å². The van der Waals surface area contributed by atoms with Crippen molar-refractivity contribution in [2.75, 3.05) is 7.05 Å². The predicted molar refractivity (Wildman–Crippen MR) is 47.1 cm³/mol. The highest BCUT2D eigenvalue weighted by molar-refractivity contribution is 6.06. The number of rotatable bonds is 1. The van der Waals surface area contributed by atoms with E-state index in [1.807, 2.05) is 0 Å². The van der Waals surface area contributed by atoms with Crippen LogP contribution >= 0.6 is 0 Å². The molecule has 0 spiro atoms. The van der Waals surface area contributed by atoms with Crippen molar-refractivity contribution in [2.24, 2.45) is 0 Å². The lowest BCUT2D eigenvalue weighted by Gasteiger charge is -2.22. The first kappa shape index (κ1) is 8.53. The first-order valence-electron chi connectivity index (χ1n) is 4.57. The number of carbonyl (C=O) groups excluding carboxylic acids is 2. The van der Waals surface area contributed by atoms with E-state index in [2.05, 4.69) is 0 Å². The predicted octanol–water partition coefficient (Wildman–Crippen LogP) is 0.821. The zero-order valence-electron chi connectivity index (χ0n) is 8.20. The monoisotopic (exact) mass is 182 g/mol. The minimum absolute atomic E-state index is 0.0532. The van der Waals surface area contributed by atoms with E-state index < -0.39 is 5.54 Å². The van der Waals surface area contributed by atoms with Crippen molar-refractivity contribution in [3.63, 3.8) is 0 Å². The summed E-state index contributed by atoms with van der Waals surface area (Å²) in [7, 11) is 1.68. The minimum atomic E-state index is -0.653. The van der Waals surface area contributed by atoms with Crippen LogP contribution in [0.15, 0.2) is 0 Å². The van der Waals surface area contributed by atoms with Gasteiger partial charge in [0.15, 0.2) is 0 Å². The van der Waals surface area contributed by atoms with Crippen molar-refractivity contribution >= 4 is 11.9 Å². The first-order chi connectivity index (χ1) is 5.96. The Bertz CT molecular complexity index is 281. The lowest BCUT2D eigenvalue weighted by molar-refractivity contribution is -0.131. The summed E-state index contributed by atoms with van der Waals surface area (Å²) in [5, 5.41) is 0. The molecule has 0 unspecified atom stereocenters. The van der Waals surface area contributed by atoms with Crippen LogP contribution in [0.5, 0.6) is 0 Å². The standard InChI is InChI=1S/C9H14N2O2/c1-9(2)7(12)11(6-4-5-6)8(13)10(9)3/h6H,4-5H2,1-3H3. The summed E-state index contributed by atoms with van der Waals surface area (Å²) in [4.78, 5) is 26.4. The lowest BCUT2D eigenvalue weighted by Crippen LogP contribution is -2.41. The number of hydrogen-bond acceptors (Lipinski definition) is 2. The molecule has 1 aliphatic heterocycles. The van der Waals surface area contributed by atoms with Gasteiger partial charge in [-0.2, -0.15) is 0 Å². The van der Waals surface area contributed by atoms with Crippen LogP contribution in [0.1, 0.15) is 26.7 Å². The number of nitrogens with zero attached hydrogens (tertiary/aromatic N) is 2. The molecule has 0 aromatic heterocycles. The van der Waals surface area contributed by atoms with Crippen molar-refractivity contribution in [3.8, 4) is 0 Å². The summed E-state index contributed by atoms with van der Waals surface area (Å²) in [5.74, 6) is -0.0532. The van der Waals surface area contributed by atoms with Gasteiger partial charge in [0.2, 0.25) is 0 Å². The van der Waals surface area contributed by atoms with Crippen LogP contribution in [0, 0.1) is 0 Å². The average Bonchev–Trinajstić information content (AvgIpc) is 2.83. The fourth-order valence-electron chi connectivity index (χ4n) is 1.58. The third kappa shape index (κ3) is 0.975. The number of likely N-dealkylation sites (N-methyl/N-ethyl adjacent to an activating group) is 1.